The van der Waals surface area contributed by atoms with Gasteiger partial charge in [0.05, 0.1) is 30.1 Å². The highest BCUT2D eigenvalue weighted by Gasteiger charge is 2.36. The van der Waals surface area contributed by atoms with E-state index in [1.54, 1.807) is 4.68 Å². The summed E-state index contributed by atoms with van der Waals surface area (Å²) in [6.45, 7) is 3.74. The quantitative estimate of drug-likeness (QED) is 0.390. The van der Waals surface area contributed by atoms with Crippen LogP contribution in [0.5, 0.6) is 0 Å². The molecule has 0 radical (unpaired) electrons. The van der Waals surface area contributed by atoms with Crippen LogP contribution in [0.2, 0.25) is 0 Å². The van der Waals surface area contributed by atoms with Crippen molar-refractivity contribution in [3.8, 4) is 0 Å². The third-order valence-corrected chi connectivity index (χ3v) is 7.03. The predicted molar refractivity (Wildman–Crippen MR) is 127 cm³/mol. The average molecular weight is 476 g/mol. The first-order valence-electron chi connectivity index (χ1n) is 11.9. The van der Waals surface area contributed by atoms with Crippen LogP contribution in [0.25, 0.3) is 10.8 Å². The molecule has 10 heteroatoms. The summed E-state index contributed by atoms with van der Waals surface area (Å²) in [5.74, 6) is -0.290. The lowest BCUT2D eigenvalue weighted by atomic mass is 9.87. The largest absolute Gasteiger partial charge is 0.394 e. The number of likely N-dealkylation sites (tertiary alicyclic amines) is 1. The van der Waals surface area contributed by atoms with Crippen molar-refractivity contribution in [2.75, 3.05) is 19.7 Å². The Hall–Kier alpha value is -3.47. The fourth-order valence-electron chi connectivity index (χ4n) is 5.22. The van der Waals surface area contributed by atoms with Crippen LogP contribution < -0.4 is 10.9 Å². The van der Waals surface area contributed by atoms with Crippen molar-refractivity contribution in [1.29, 1.82) is 0 Å². The Balaban J connectivity index is 1.50. The molecule has 180 valence electrons. The lowest BCUT2D eigenvalue weighted by Gasteiger charge is -2.31. The van der Waals surface area contributed by atoms with E-state index in [1.807, 2.05) is 0 Å². The SMILES string of the molecule is O=c1[nH]nc2c3c(cc(F)cc13)CNC(c1ccc(CN3CCC3)cc1)C2c1ncnn1CCO. The van der Waals surface area contributed by atoms with Crippen LogP contribution in [0.15, 0.2) is 47.5 Å². The molecule has 4 heterocycles. The Morgan fingerprint density at radius 3 is 2.74 bits per heavy atom. The van der Waals surface area contributed by atoms with Crippen molar-refractivity contribution in [3.63, 3.8) is 0 Å². The average Bonchev–Trinajstić information content (AvgIpc) is 3.21. The van der Waals surface area contributed by atoms with Gasteiger partial charge in [0, 0.05) is 24.5 Å². The second-order valence-corrected chi connectivity index (χ2v) is 9.20. The van der Waals surface area contributed by atoms with Gasteiger partial charge in [-0.05, 0) is 48.3 Å². The van der Waals surface area contributed by atoms with Gasteiger partial charge in [0.1, 0.15) is 18.0 Å². The summed E-state index contributed by atoms with van der Waals surface area (Å²) in [6.07, 6.45) is 2.71. The van der Waals surface area contributed by atoms with E-state index in [-0.39, 0.29) is 24.6 Å². The summed E-state index contributed by atoms with van der Waals surface area (Å²) in [7, 11) is 0. The lowest BCUT2D eigenvalue weighted by Crippen LogP contribution is -2.36. The molecule has 6 rings (SSSR count). The number of aromatic amines is 1. The van der Waals surface area contributed by atoms with Gasteiger partial charge in [-0.3, -0.25) is 9.69 Å². The fraction of sp³-hybridized carbons (Fsp3) is 0.360. The maximum Gasteiger partial charge on any atom is 0.272 e. The molecular formula is C25H26FN7O2. The van der Waals surface area contributed by atoms with Crippen molar-refractivity contribution in [1.82, 2.24) is 35.2 Å². The fourth-order valence-corrected chi connectivity index (χ4v) is 5.22. The van der Waals surface area contributed by atoms with E-state index >= 15 is 0 Å². The smallest absolute Gasteiger partial charge is 0.272 e. The molecule has 1 fully saturated rings. The Morgan fingerprint density at radius 1 is 1.17 bits per heavy atom. The van der Waals surface area contributed by atoms with Crippen molar-refractivity contribution >= 4 is 10.8 Å². The van der Waals surface area contributed by atoms with Gasteiger partial charge >= 0.3 is 0 Å². The summed E-state index contributed by atoms with van der Waals surface area (Å²) in [4.78, 5) is 19.5. The number of benzene rings is 2. The molecule has 2 aromatic heterocycles. The van der Waals surface area contributed by atoms with Crippen molar-refractivity contribution < 1.29 is 9.50 Å². The van der Waals surface area contributed by atoms with E-state index < -0.39 is 17.3 Å². The molecule has 2 atom stereocenters. The van der Waals surface area contributed by atoms with Crippen molar-refractivity contribution in [2.24, 2.45) is 0 Å². The highest BCUT2D eigenvalue weighted by atomic mass is 19.1. The Kier molecular flexibility index (Phi) is 5.63. The minimum atomic E-state index is -0.467. The van der Waals surface area contributed by atoms with Crippen LogP contribution in [0.4, 0.5) is 4.39 Å². The van der Waals surface area contributed by atoms with E-state index in [4.69, 9.17) is 0 Å². The molecule has 2 aliphatic rings. The number of aromatic nitrogens is 5. The van der Waals surface area contributed by atoms with Gasteiger partial charge < -0.3 is 10.4 Å². The first kappa shape index (κ1) is 22.0. The predicted octanol–water partition coefficient (Wildman–Crippen LogP) is 1.83. The number of nitrogens with zero attached hydrogens (tertiary/aromatic N) is 5. The highest BCUT2D eigenvalue weighted by Crippen LogP contribution is 2.41. The molecule has 2 unspecified atom stereocenters. The van der Waals surface area contributed by atoms with Gasteiger partial charge in [-0.25, -0.2) is 19.2 Å². The second kappa shape index (κ2) is 8.95. The molecule has 0 amide bonds. The van der Waals surface area contributed by atoms with Crippen molar-refractivity contribution in [2.45, 2.75) is 38.0 Å². The standard InChI is InChI=1S/C25H26FN7O2/c26-18-10-17-12-27-22(16-4-2-15(3-5-16)13-32-6-1-7-32)21(24-28-14-29-33(24)8-9-34)23-20(17)19(11-18)25(35)31-30-23/h2-5,10-11,14,21-22,27,34H,1,6-9,12-13H2,(H,31,35). The second-order valence-electron chi connectivity index (χ2n) is 9.20. The molecule has 0 spiro atoms. The zero-order valence-electron chi connectivity index (χ0n) is 19.1. The van der Waals surface area contributed by atoms with Crippen LogP contribution in [0.3, 0.4) is 0 Å². The monoisotopic (exact) mass is 475 g/mol. The van der Waals surface area contributed by atoms with Crippen LogP contribution in [-0.4, -0.2) is 54.7 Å². The van der Waals surface area contributed by atoms with Crippen LogP contribution in [-0.2, 0) is 19.6 Å². The summed E-state index contributed by atoms with van der Waals surface area (Å²) < 4.78 is 16.1. The van der Waals surface area contributed by atoms with E-state index in [1.165, 1.54) is 30.4 Å². The van der Waals surface area contributed by atoms with Gasteiger partial charge in [0.15, 0.2) is 0 Å². The Morgan fingerprint density at radius 2 is 2.00 bits per heavy atom. The van der Waals surface area contributed by atoms with Gasteiger partial charge in [-0.1, -0.05) is 24.3 Å². The molecule has 0 saturated carbocycles. The molecule has 2 aromatic carbocycles. The Bertz CT molecular complexity index is 1430. The van der Waals surface area contributed by atoms with E-state index in [9.17, 15) is 14.3 Å². The van der Waals surface area contributed by atoms with Gasteiger partial charge in [-0.15, -0.1) is 0 Å². The highest BCUT2D eigenvalue weighted by molar-refractivity contribution is 5.88. The van der Waals surface area contributed by atoms with E-state index in [0.717, 1.165) is 25.2 Å². The summed E-state index contributed by atoms with van der Waals surface area (Å²) in [6, 6.07) is 10.9. The first-order valence-corrected chi connectivity index (χ1v) is 11.9. The lowest BCUT2D eigenvalue weighted by molar-refractivity contribution is 0.172. The number of hydrogen-bond donors (Lipinski definition) is 3. The molecule has 0 aliphatic carbocycles. The first-order chi connectivity index (χ1) is 17.1. The molecule has 1 saturated heterocycles. The third-order valence-electron chi connectivity index (χ3n) is 7.03. The van der Waals surface area contributed by atoms with Gasteiger partial charge in [0.25, 0.3) is 5.56 Å². The number of H-pyrrole nitrogens is 1. The summed E-state index contributed by atoms with van der Waals surface area (Å²) in [5.41, 5.74) is 3.10. The van der Waals surface area contributed by atoms with Crippen LogP contribution in [0.1, 0.15) is 46.6 Å². The zero-order chi connectivity index (χ0) is 23.9. The number of halogens is 1. The van der Waals surface area contributed by atoms with Gasteiger partial charge in [0.2, 0.25) is 0 Å². The van der Waals surface area contributed by atoms with Crippen LogP contribution in [0, 0.1) is 5.82 Å². The van der Waals surface area contributed by atoms with Crippen LogP contribution >= 0.6 is 0 Å². The van der Waals surface area contributed by atoms with E-state index in [0.29, 0.717) is 29.0 Å². The summed E-state index contributed by atoms with van der Waals surface area (Å²) >= 11 is 0. The molecular weight excluding hydrogens is 449 g/mol. The molecule has 2 aliphatic heterocycles. The number of nitrogens with one attached hydrogen (secondary N) is 2. The van der Waals surface area contributed by atoms with Gasteiger partial charge in [-0.2, -0.15) is 10.2 Å². The molecule has 35 heavy (non-hydrogen) atoms. The van der Waals surface area contributed by atoms with E-state index in [2.05, 4.69) is 54.8 Å². The molecule has 3 N–H and O–H groups in total. The minimum absolute atomic E-state index is 0.0946. The Labute approximate surface area is 200 Å². The number of aliphatic hydroxyl groups is 1. The molecule has 0 bridgehead atoms. The third kappa shape index (κ3) is 3.93. The zero-order valence-corrected chi connectivity index (χ0v) is 19.1. The number of rotatable bonds is 6. The molecule has 4 aromatic rings. The minimum Gasteiger partial charge on any atom is -0.394 e. The number of hydrogen-bond acceptors (Lipinski definition) is 7. The van der Waals surface area contributed by atoms with Crippen molar-refractivity contribution in [3.05, 3.63) is 87.1 Å². The number of aliphatic hydroxyl groups excluding tert-OH is 1. The maximum absolute atomic E-state index is 14.4. The topological polar surface area (TPSA) is 112 Å². The summed E-state index contributed by atoms with van der Waals surface area (Å²) in [5, 5.41) is 25.4. The normalized spacial score (nSPS) is 20.1. The maximum atomic E-state index is 14.4. The molecule has 9 nitrogen and oxygen atoms in total.